The largest absolute Gasteiger partial charge is 0.493 e. The van der Waals surface area contributed by atoms with Crippen LogP contribution in [0.2, 0.25) is 0 Å². The second-order valence-corrected chi connectivity index (χ2v) is 6.21. The highest BCUT2D eigenvalue weighted by Crippen LogP contribution is 2.17. The average Bonchev–Trinajstić information content (AvgIpc) is 2.27. The van der Waals surface area contributed by atoms with Gasteiger partial charge in [0.05, 0.1) is 19.0 Å². The predicted octanol–water partition coefficient (Wildman–Crippen LogP) is 1.38. The van der Waals surface area contributed by atoms with Gasteiger partial charge in [-0.3, -0.25) is 0 Å². The molecule has 0 amide bonds. The SMILES string of the molecule is CS(=O)(=O)CCCCOc1ccccc1CO. The molecule has 0 aliphatic heterocycles. The van der Waals surface area contributed by atoms with Crippen molar-refractivity contribution in [2.24, 2.45) is 0 Å². The van der Waals surface area contributed by atoms with Gasteiger partial charge in [0.1, 0.15) is 15.6 Å². The van der Waals surface area contributed by atoms with Crippen molar-refractivity contribution in [3.05, 3.63) is 29.8 Å². The van der Waals surface area contributed by atoms with Gasteiger partial charge < -0.3 is 9.84 Å². The van der Waals surface area contributed by atoms with E-state index in [0.717, 1.165) is 5.56 Å². The van der Waals surface area contributed by atoms with Gasteiger partial charge in [0.15, 0.2) is 0 Å². The summed E-state index contributed by atoms with van der Waals surface area (Å²) in [6.07, 6.45) is 2.52. The molecular weight excluding hydrogens is 240 g/mol. The third-order valence-electron chi connectivity index (χ3n) is 2.31. The molecule has 0 fully saturated rings. The minimum Gasteiger partial charge on any atom is -0.493 e. The molecule has 0 saturated carbocycles. The smallest absolute Gasteiger partial charge is 0.147 e. The van der Waals surface area contributed by atoms with Gasteiger partial charge >= 0.3 is 0 Å². The summed E-state index contributed by atoms with van der Waals surface area (Å²) in [5.74, 6) is 0.854. The van der Waals surface area contributed by atoms with Gasteiger partial charge in [-0.1, -0.05) is 18.2 Å². The Morgan fingerprint density at radius 1 is 1.24 bits per heavy atom. The molecular formula is C12H18O4S. The van der Waals surface area contributed by atoms with Crippen molar-refractivity contribution in [1.29, 1.82) is 0 Å². The first kappa shape index (κ1) is 14.0. The minimum atomic E-state index is -2.88. The van der Waals surface area contributed by atoms with Crippen molar-refractivity contribution >= 4 is 9.84 Å². The van der Waals surface area contributed by atoms with Gasteiger partial charge in [-0.05, 0) is 18.9 Å². The van der Waals surface area contributed by atoms with Crippen molar-refractivity contribution in [3.63, 3.8) is 0 Å². The molecule has 0 aromatic heterocycles. The minimum absolute atomic E-state index is 0.0560. The molecule has 0 unspecified atom stereocenters. The number of benzene rings is 1. The van der Waals surface area contributed by atoms with Gasteiger partial charge in [0, 0.05) is 11.8 Å². The molecule has 1 rings (SSSR count). The van der Waals surface area contributed by atoms with Gasteiger partial charge in [-0.25, -0.2) is 8.42 Å². The van der Waals surface area contributed by atoms with Gasteiger partial charge in [-0.15, -0.1) is 0 Å². The summed E-state index contributed by atoms with van der Waals surface area (Å²) in [6.45, 7) is 0.409. The molecule has 0 aliphatic rings. The van der Waals surface area contributed by atoms with Crippen LogP contribution >= 0.6 is 0 Å². The molecule has 5 heteroatoms. The van der Waals surface area contributed by atoms with Gasteiger partial charge in [0.25, 0.3) is 0 Å². The van der Waals surface area contributed by atoms with E-state index in [-0.39, 0.29) is 12.4 Å². The van der Waals surface area contributed by atoms with Crippen LogP contribution in [0.15, 0.2) is 24.3 Å². The molecule has 1 aromatic rings. The zero-order valence-electron chi connectivity index (χ0n) is 9.93. The number of unbranched alkanes of at least 4 members (excludes halogenated alkanes) is 1. The first-order valence-corrected chi connectivity index (χ1v) is 7.58. The van der Waals surface area contributed by atoms with E-state index in [9.17, 15) is 8.42 Å². The highest BCUT2D eigenvalue weighted by atomic mass is 32.2. The van der Waals surface area contributed by atoms with Crippen LogP contribution in [0.4, 0.5) is 0 Å². The fraction of sp³-hybridized carbons (Fsp3) is 0.500. The summed E-state index contributed by atoms with van der Waals surface area (Å²) in [5.41, 5.74) is 0.746. The molecule has 17 heavy (non-hydrogen) atoms. The molecule has 1 aromatic carbocycles. The zero-order chi connectivity index (χ0) is 12.7. The summed E-state index contributed by atoms with van der Waals surface area (Å²) >= 11 is 0. The van der Waals surface area contributed by atoms with Gasteiger partial charge in [0.2, 0.25) is 0 Å². The number of hydrogen-bond donors (Lipinski definition) is 1. The van der Waals surface area contributed by atoms with Crippen molar-refractivity contribution in [2.45, 2.75) is 19.4 Å². The number of rotatable bonds is 7. The molecule has 0 spiro atoms. The first-order chi connectivity index (χ1) is 8.03. The number of para-hydroxylation sites is 1. The van der Waals surface area contributed by atoms with Crippen molar-refractivity contribution in [2.75, 3.05) is 18.6 Å². The Hall–Kier alpha value is -1.07. The van der Waals surface area contributed by atoms with E-state index in [1.54, 1.807) is 12.1 Å². The third-order valence-corrected chi connectivity index (χ3v) is 3.34. The monoisotopic (exact) mass is 258 g/mol. The molecule has 1 N–H and O–H groups in total. The van der Waals surface area contributed by atoms with Crippen LogP contribution in [0.1, 0.15) is 18.4 Å². The molecule has 4 nitrogen and oxygen atoms in total. The van der Waals surface area contributed by atoms with Gasteiger partial charge in [-0.2, -0.15) is 0 Å². The van der Waals surface area contributed by atoms with Crippen LogP contribution in [-0.4, -0.2) is 32.1 Å². The highest BCUT2D eigenvalue weighted by molar-refractivity contribution is 7.90. The highest BCUT2D eigenvalue weighted by Gasteiger charge is 2.03. The summed E-state index contributed by atoms with van der Waals surface area (Å²) in [6, 6.07) is 7.26. The molecule has 0 bridgehead atoms. The molecule has 0 atom stereocenters. The topological polar surface area (TPSA) is 63.6 Å². The van der Waals surface area contributed by atoms with Crippen LogP contribution in [0.25, 0.3) is 0 Å². The van der Waals surface area contributed by atoms with Crippen molar-refractivity contribution in [3.8, 4) is 5.75 Å². The van der Waals surface area contributed by atoms with E-state index in [4.69, 9.17) is 9.84 Å². The van der Waals surface area contributed by atoms with Crippen LogP contribution in [0, 0.1) is 0 Å². The second-order valence-electron chi connectivity index (χ2n) is 3.95. The fourth-order valence-electron chi connectivity index (χ4n) is 1.42. The maximum atomic E-state index is 10.9. The van der Waals surface area contributed by atoms with Crippen LogP contribution in [0.3, 0.4) is 0 Å². The number of aliphatic hydroxyl groups is 1. The lowest BCUT2D eigenvalue weighted by atomic mass is 10.2. The summed E-state index contributed by atoms with van der Waals surface area (Å²) in [5, 5.41) is 9.07. The molecule has 0 radical (unpaired) electrons. The molecule has 0 saturated heterocycles. The standard InChI is InChI=1S/C12H18O4S/c1-17(14,15)9-5-4-8-16-12-7-3-2-6-11(12)10-13/h2-3,6-7,13H,4-5,8-10H2,1H3. The fourth-order valence-corrected chi connectivity index (χ4v) is 2.15. The average molecular weight is 258 g/mol. The summed E-state index contributed by atoms with van der Waals surface area (Å²) in [7, 11) is -2.88. The van der Waals surface area contributed by atoms with E-state index in [1.807, 2.05) is 12.1 Å². The molecule has 0 heterocycles. The van der Waals surface area contributed by atoms with Crippen LogP contribution < -0.4 is 4.74 Å². The maximum absolute atomic E-state index is 10.9. The Labute approximate surface area is 102 Å². The number of ether oxygens (including phenoxy) is 1. The zero-order valence-corrected chi connectivity index (χ0v) is 10.7. The second kappa shape index (κ2) is 6.61. The Balaban J connectivity index is 2.31. The third kappa shape index (κ3) is 5.70. The normalized spacial score (nSPS) is 11.4. The van der Waals surface area contributed by atoms with Crippen LogP contribution in [0.5, 0.6) is 5.75 Å². The van der Waals surface area contributed by atoms with Crippen molar-refractivity contribution < 1.29 is 18.3 Å². The van der Waals surface area contributed by atoms with E-state index in [1.165, 1.54) is 6.26 Å². The Kier molecular flexibility index (Phi) is 5.44. The summed E-state index contributed by atoms with van der Waals surface area (Å²) < 4.78 is 27.3. The van der Waals surface area contributed by atoms with E-state index < -0.39 is 9.84 Å². The number of hydrogen-bond acceptors (Lipinski definition) is 4. The van der Waals surface area contributed by atoms with Crippen LogP contribution in [-0.2, 0) is 16.4 Å². The van der Waals surface area contributed by atoms with E-state index in [2.05, 4.69) is 0 Å². The van der Waals surface area contributed by atoms with Crippen molar-refractivity contribution in [1.82, 2.24) is 0 Å². The Bertz CT molecular complexity index is 440. The van der Waals surface area contributed by atoms with E-state index in [0.29, 0.717) is 25.2 Å². The lowest BCUT2D eigenvalue weighted by Gasteiger charge is -2.09. The lowest BCUT2D eigenvalue weighted by molar-refractivity contribution is 0.261. The predicted molar refractivity (Wildman–Crippen MR) is 66.8 cm³/mol. The molecule has 0 aliphatic carbocycles. The maximum Gasteiger partial charge on any atom is 0.147 e. The molecule has 96 valence electrons. The number of sulfone groups is 1. The Morgan fingerprint density at radius 3 is 2.59 bits per heavy atom. The summed E-state index contributed by atoms with van der Waals surface area (Å²) in [4.78, 5) is 0. The first-order valence-electron chi connectivity index (χ1n) is 5.52. The number of aliphatic hydroxyl groups excluding tert-OH is 1. The quantitative estimate of drug-likeness (QED) is 0.751. The lowest BCUT2D eigenvalue weighted by Crippen LogP contribution is -2.06. The van der Waals surface area contributed by atoms with E-state index >= 15 is 0 Å². The Morgan fingerprint density at radius 2 is 1.94 bits per heavy atom.